The van der Waals surface area contributed by atoms with Crippen LogP contribution in [-0.2, 0) is 0 Å². The molecule has 0 amide bonds. The van der Waals surface area contributed by atoms with Gasteiger partial charge in [0.2, 0.25) is 0 Å². The first-order valence-electron chi connectivity index (χ1n) is 9.12. The van der Waals surface area contributed by atoms with Crippen LogP contribution in [0.2, 0.25) is 18.1 Å². The molecule has 0 spiro atoms. The summed E-state index contributed by atoms with van der Waals surface area (Å²) in [5.74, 6) is 6.25. The summed E-state index contributed by atoms with van der Waals surface area (Å²) < 4.78 is 12.8. The lowest BCUT2D eigenvalue weighted by atomic mass is 9.95. The summed E-state index contributed by atoms with van der Waals surface area (Å²) in [7, 11) is -0.465. The van der Waals surface area contributed by atoms with Crippen molar-refractivity contribution < 1.29 is 9.50 Å². The van der Waals surface area contributed by atoms with E-state index in [4.69, 9.17) is 0 Å². The fraction of sp³-hybridized carbons (Fsp3) is 0.600. The molecule has 0 aromatic heterocycles. The summed E-state index contributed by atoms with van der Waals surface area (Å²) in [5, 5.41) is 10.1. The van der Waals surface area contributed by atoms with Gasteiger partial charge in [-0.1, -0.05) is 69.0 Å². The minimum Gasteiger partial charge on any atom is -0.380 e. The molecular formula is C20H29FOSi. The lowest BCUT2D eigenvalue weighted by Gasteiger charge is -2.28. The maximum absolute atomic E-state index is 12.8. The molecule has 1 aliphatic rings. The monoisotopic (exact) mass is 332 g/mol. The normalized spacial score (nSPS) is 22.2. The van der Waals surface area contributed by atoms with Gasteiger partial charge in [0.1, 0.15) is 11.9 Å². The second-order valence-electron chi connectivity index (χ2n) is 6.91. The zero-order valence-electron chi connectivity index (χ0n) is 14.2. The molecule has 3 heteroatoms. The fourth-order valence-corrected chi connectivity index (χ4v) is 7.13. The highest BCUT2D eigenvalue weighted by molar-refractivity contribution is 6.58. The van der Waals surface area contributed by atoms with Crippen LogP contribution in [0, 0.1) is 23.6 Å². The molecule has 1 aromatic rings. The van der Waals surface area contributed by atoms with Gasteiger partial charge in [-0.3, -0.25) is 0 Å². The summed E-state index contributed by atoms with van der Waals surface area (Å²) in [5.41, 5.74) is 0.762. The van der Waals surface area contributed by atoms with Crippen molar-refractivity contribution >= 4 is 8.80 Å². The molecule has 1 atom stereocenters. The van der Waals surface area contributed by atoms with E-state index >= 15 is 0 Å². The predicted octanol–water partition coefficient (Wildman–Crippen LogP) is 4.76. The maximum Gasteiger partial charge on any atom is 0.123 e. The standard InChI is InChI=1S/C20H29FOSi/c1-2-3-4-13-23-14-11-18(12-15-23)16-20(22)10-7-17-5-8-19(21)9-6-17/h5-6,8-9,18,20,22-23H,2-4,11-16H2,1H3. The smallest absolute Gasteiger partial charge is 0.123 e. The Kier molecular flexibility index (Phi) is 7.85. The third-order valence-corrected chi connectivity index (χ3v) is 8.49. The fourth-order valence-electron chi connectivity index (χ4n) is 3.51. The van der Waals surface area contributed by atoms with Crippen LogP contribution in [0.15, 0.2) is 24.3 Å². The Morgan fingerprint density at radius 3 is 2.57 bits per heavy atom. The first kappa shape index (κ1) is 18.2. The molecule has 1 unspecified atom stereocenters. The van der Waals surface area contributed by atoms with Gasteiger partial charge in [0.15, 0.2) is 0 Å². The van der Waals surface area contributed by atoms with Gasteiger partial charge in [-0.15, -0.1) is 0 Å². The highest BCUT2D eigenvalue weighted by Gasteiger charge is 2.23. The van der Waals surface area contributed by atoms with E-state index in [1.165, 1.54) is 62.4 Å². The molecule has 2 rings (SSSR count). The van der Waals surface area contributed by atoms with Gasteiger partial charge in [-0.2, -0.15) is 0 Å². The number of aliphatic hydroxyl groups is 1. The van der Waals surface area contributed by atoms with Crippen LogP contribution in [0.4, 0.5) is 4.39 Å². The Morgan fingerprint density at radius 2 is 1.91 bits per heavy atom. The first-order chi connectivity index (χ1) is 11.2. The quantitative estimate of drug-likeness (QED) is 0.452. The summed E-state index contributed by atoms with van der Waals surface area (Å²) >= 11 is 0. The van der Waals surface area contributed by atoms with Crippen molar-refractivity contribution in [2.45, 2.75) is 69.7 Å². The Hall–Kier alpha value is -1.11. The van der Waals surface area contributed by atoms with Gasteiger partial charge < -0.3 is 5.11 Å². The van der Waals surface area contributed by atoms with E-state index in [-0.39, 0.29) is 5.82 Å². The lowest BCUT2D eigenvalue weighted by Crippen LogP contribution is -2.23. The minimum atomic E-state index is -0.552. The molecule has 1 saturated heterocycles. The van der Waals surface area contributed by atoms with Crippen LogP contribution in [0.3, 0.4) is 0 Å². The van der Waals surface area contributed by atoms with Crippen molar-refractivity contribution in [2.75, 3.05) is 0 Å². The molecule has 1 aliphatic heterocycles. The molecule has 1 N–H and O–H groups in total. The molecular weight excluding hydrogens is 303 g/mol. The number of benzene rings is 1. The van der Waals surface area contributed by atoms with Crippen molar-refractivity contribution in [3.63, 3.8) is 0 Å². The van der Waals surface area contributed by atoms with E-state index in [1.54, 1.807) is 12.1 Å². The van der Waals surface area contributed by atoms with E-state index in [1.807, 2.05) is 0 Å². The highest BCUT2D eigenvalue weighted by Crippen LogP contribution is 2.30. The van der Waals surface area contributed by atoms with Crippen molar-refractivity contribution in [3.8, 4) is 11.8 Å². The van der Waals surface area contributed by atoms with Crippen molar-refractivity contribution in [1.82, 2.24) is 0 Å². The Balaban J connectivity index is 1.70. The van der Waals surface area contributed by atoms with E-state index in [0.29, 0.717) is 5.92 Å². The van der Waals surface area contributed by atoms with Crippen LogP contribution in [0.5, 0.6) is 0 Å². The van der Waals surface area contributed by atoms with Crippen LogP contribution in [0.1, 0.15) is 51.0 Å². The third-order valence-electron chi connectivity index (χ3n) is 4.97. The van der Waals surface area contributed by atoms with E-state index < -0.39 is 14.9 Å². The van der Waals surface area contributed by atoms with Gasteiger partial charge in [-0.25, -0.2) is 4.39 Å². The molecule has 1 fully saturated rings. The Labute approximate surface area is 141 Å². The number of hydrogen-bond acceptors (Lipinski definition) is 1. The predicted molar refractivity (Wildman–Crippen MR) is 97.7 cm³/mol. The Morgan fingerprint density at radius 1 is 1.22 bits per heavy atom. The largest absolute Gasteiger partial charge is 0.380 e. The average Bonchev–Trinajstić information content (AvgIpc) is 2.56. The summed E-state index contributed by atoms with van der Waals surface area (Å²) in [4.78, 5) is 0. The SMILES string of the molecule is CCCCC[SiH]1CCC(CC(O)C#Cc2ccc(F)cc2)CC1. The topological polar surface area (TPSA) is 20.2 Å². The van der Waals surface area contributed by atoms with Gasteiger partial charge >= 0.3 is 0 Å². The molecule has 1 aromatic carbocycles. The van der Waals surface area contributed by atoms with Gasteiger partial charge in [0, 0.05) is 14.4 Å². The molecule has 126 valence electrons. The summed E-state index contributed by atoms with van der Waals surface area (Å²) in [6.45, 7) is 2.27. The van der Waals surface area contributed by atoms with Crippen molar-refractivity contribution in [2.24, 2.45) is 5.92 Å². The molecule has 0 bridgehead atoms. The zero-order chi connectivity index (χ0) is 16.5. The van der Waals surface area contributed by atoms with Crippen LogP contribution < -0.4 is 0 Å². The number of hydrogen-bond donors (Lipinski definition) is 1. The second kappa shape index (κ2) is 9.90. The van der Waals surface area contributed by atoms with E-state index in [9.17, 15) is 9.50 Å². The zero-order valence-corrected chi connectivity index (χ0v) is 15.4. The average molecular weight is 333 g/mol. The first-order valence-corrected chi connectivity index (χ1v) is 11.6. The number of unbranched alkanes of at least 4 members (excludes halogenated alkanes) is 2. The minimum absolute atomic E-state index is 0.254. The lowest BCUT2D eigenvalue weighted by molar-refractivity contribution is 0.190. The van der Waals surface area contributed by atoms with Gasteiger partial charge in [-0.05, 0) is 36.6 Å². The summed E-state index contributed by atoms with van der Waals surface area (Å²) in [6.07, 6.45) is 6.97. The van der Waals surface area contributed by atoms with Gasteiger partial charge in [0.25, 0.3) is 0 Å². The van der Waals surface area contributed by atoms with E-state index in [0.717, 1.165) is 12.0 Å². The van der Waals surface area contributed by atoms with Crippen molar-refractivity contribution in [1.29, 1.82) is 0 Å². The molecule has 0 aliphatic carbocycles. The number of halogens is 1. The molecule has 1 nitrogen and oxygen atoms in total. The molecule has 1 heterocycles. The van der Waals surface area contributed by atoms with Crippen LogP contribution >= 0.6 is 0 Å². The Bertz CT molecular complexity index is 509. The van der Waals surface area contributed by atoms with Crippen LogP contribution in [0.25, 0.3) is 0 Å². The van der Waals surface area contributed by atoms with Crippen LogP contribution in [-0.4, -0.2) is 20.0 Å². The maximum atomic E-state index is 12.8. The molecule has 0 radical (unpaired) electrons. The number of aliphatic hydroxyl groups excluding tert-OH is 1. The van der Waals surface area contributed by atoms with E-state index in [2.05, 4.69) is 18.8 Å². The third kappa shape index (κ3) is 6.89. The second-order valence-corrected chi connectivity index (χ2v) is 10.4. The molecule has 0 saturated carbocycles. The molecule has 23 heavy (non-hydrogen) atoms. The summed E-state index contributed by atoms with van der Waals surface area (Å²) in [6, 6.07) is 10.5. The number of rotatable bonds is 6. The van der Waals surface area contributed by atoms with Gasteiger partial charge in [0.05, 0.1) is 0 Å². The van der Waals surface area contributed by atoms with Crippen molar-refractivity contribution in [3.05, 3.63) is 35.6 Å². The highest BCUT2D eigenvalue weighted by atomic mass is 28.3.